The molecule has 1 aromatic rings. The van der Waals surface area contributed by atoms with Crippen LogP contribution in [0.1, 0.15) is 31.3 Å². The number of nitrogens with one attached hydrogen (secondary N) is 1. The first-order valence-corrected chi connectivity index (χ1v) is 6.71. The van der Waals surface area contributed by atoms with Gasteiger partial charge in [-0.2, -0.15) is 13.2 Å². The predicted molar refractivity (Wildman–Crippen MR) is 74.1 cm³/mol. The van der Waals surface area contributed by atoms with E-state index in [1.165, 1.54) is 0 Å². The summed E-state index contributed by atoms with van der Waals surface area (Å²) in [7, 11) is 1.70. The minimum atomic E-state index is -4.34. The SMILES string of the molecule is CNc1nc(COCC(F)(F)F)nc(C(C)C)c1I. The number of anilines is 1. The fourth-order valence-corrected chi connectivity index (χ4v) is 2.52. The van der Waals surface area contributed by atoms with Crippen molar-refractivity contribution in [3.05, 3.63) is 15.1 Å². The highest BCUT2D eigenvalue weighted by Crippen LogP contribution is 2.25. The van der Waals surface area contributed by atoms with E-state index >= 15 is 0 Å². The van der Waals surface area contributed by atoms with Crippen LogP contribution >= 0.6 is 22.6 Å². The van der Waals surface area contributed by atoms with Crippen molar-refractivity contribution < 1.29 is 17.9 Å². The zero-order chi connectivity index (χ0) is 14.6. The fourth-order valence-electron chi connectivity index (χ4n) is 1.38. The normalized spacial score (nSPS) is 12.0. The summed E-state index contributed by atoms with van der Waals surface area (Å²) in [6.45, 7) is 2.37. The van der Waals surface area contributed by atoms with E-state index in [4.69, 9.17) is 0 Å². The lowest BCUT2D eigenvalue weighted by Crippen LogP contribution is -2.18. The van der Waals surface area contributed by atoms with Gasteiger partial charge in [-0.25, -0.2) is 9.97 Å². The zero-order valence-electron chi connectivity index (χ0n) is 10.8. The Hall–Kier alpha value is -0.640. The molecule has 108 valence electrons. The third-order valence-corrected chi connectivity index (χ3v) is 3.27. The Bertz CT molecular complexity index is 438. The molecule has 0 saturated heterocycles. The van der Waals surface area contributed by atoms with Gasteiger partial charge >= 0.3 is 6.18 Å². The van der Waals surface area contributed by atoms with Crippen LogP contribution in [0.5, 0.6) is 0 Å². The Kier molecular flexibility index (Phi) is 5.78. The number of rotatable bonds is 5. The second-order valence-corrected chi connectivity index (χ2v) is 5.28. The summed E-state index contributed by atoms with van der Waals surface area (Å²) >= 11 is 2.12. The van der Waals surface area contributed by atoms with Gasteiger partial charge in [0.2, 0.25) is 0 Å². The number of aromatic nitrogens is 2. The lowest BCUT2D eigenvalue weighted by atomic mass is 10.1. The van der Waals surface area contributed by atoms with Gasteiger partial charge in [0.15, 0.2) is 5.82 Å². The number of ether oxygens (including phenoxy) is 1. The van der Waals surface area contributed by atoms with Crippen molar-refractivity contribution >= 4 is 28.4 Å². The molecule has 0 aromatic carbocycles. The molecule has 1 N–H and O–H groups in total. The first kappa shape index (κ1) is 16.4. The number of hydrogen-bond donors (Lipinski definition) is 1. The average molecular weight is 389 g/mol. The monoisotopic (exact) mass is 389 g/mol. The number of halogens is 4. The van der Waals surface area contributed by atoms with Crippen LogP contribution in [0.2, 0.25) is 0 Å². The van der Waals surface area contributed by atoms with Gasteiger partial charge in [-0.15, -0.1) is 0 Å². The molecule has 0 bridgehead atoms. The van der Waals surface area contributed by atoms with Gasteiger partial charge in [0.25, 0.3) is 0 Å². The molecule has 4 nitrogen and oxygen atoms in total. The Balaban J connectivity index is 2.87. The lowest BCUT2D eigenvalue weighted by Gasteiger charge is -2.14. The molecule has 0 spiro atoms. The van der Waals surface area contributed by atoms with Gasteiger partial charge in [-0.05, 0) is 28.5 Å². The summed E-state index contributed by atoms with van der Waals surface area (Å²) in [6, 6.07) is 0. The zero-order valence-corrected chi connectivity index (χ0v) is 13.0. The fraction of sp³-hybridized carbons (Fsp3) is 0.636. The number of hydrogen-bond acceptors (Lipinski definition) is 4. The van der Waals surface area contributed by atoms with Crippen LogP contribution in [0.15, 0.2) is 0 Å². The first-order chi connectivity index (χ1) is 8.74. The second-order valence-electron chi connectivity index (χ2n) is 4.20. The molecule has 0 saturated carbocycles. The van der Waals surface area contributed by atoms with Crippen LogP contribution in [0.4, 0.5) is 19.0 Å². The van der Waals surface area contributed by atoms with Crippen molar-refractivity contribution in [3.63, 3.8) is 0 Å². The number of alkyl halides is 3. The van der Waals surface area contributed by atoms with Gasteiger partial charge in [0, 0.05) is 7.05 Å². The maximum absolute atomic E-state index is 12.0. The van der Waals surface area contributed by atoms with Gasteiger partial charge in [0.1, 0.15) is 19.0 Å². The van der Waals surface area contributed by atoms with E-state index in [9.17, 15) is 13.2 Å². The lowest BCUT2D eigenvalue weighted by molar-refractivity contribution is -0.177. The molecule has 0 aliphatic rings. The molecular weight excluding hydrogens is 374 g/mol. The summed E-state index contributed by atoms with van der Waals surface area (Å²) in [5.74, 6) is 1.01. The molecule has 1 heterocycles. The third kappa shape index (κ3) is 5.09. The highest BCUT2D eigenvalue weighted by molar-refractivity contribution is 14.1. The van der Waals surface area contributed by atoms with E-state index in [1.807, 2.05) is 13.8 Å². The molecule has 0 amide bonds. The maximum Gasteiger partial charge on any atom is 0.411 e. The molecule has 8 heteroatoms. The smallest absolute Gasteiger partial charge is 0.372 e. The average Bonchev–Trinajstić information content (AvgIpc) is 2.28. The molecule has 0 aliphatic carbocycles. The minimum Gasteiger partial charge on any atom is -0.372 e. The highest BCUT2D eigenvalue weighted by Gasteiger charge is 2.27. The van der Waals surface area contributed by atoms with E-state index in [1.54, 1.807) is 7.05 Å². The van der Waals surface area contributed by atoms with E-state index < -0.39 is 12.8 Å². The van der Waals surface area contributed by atoms with E-state index in [0.717, 1.165) is 9.26 Å². The summed E-state index contributed by atoms with van der Waals surface area (Å²) in [4.78, 5) is 8.38. The van der Waals surface area contributed by atoms with Crippen LogP contribution in [0.3, 0.4) is 0 Å². The summed E-state index contributed by atoms with van der Waals surface area (Å²) < 4.78 is 41.4. The molecule has 0 radical (unpaired) electrons. The van der Waals surface area contributed by atoms with E-state index in [-0.39, 0.29) is 18.3 Å². The molecule has 0 atom stereocenters. The predicted octanol–water partition coefficient (Wildman–Crippen LogP) is 3.33. The minimum absolute atomic E-state index is 0.156. The van der Waals surface area contributed by atoms with Gasteiger partial charge in [-0.3, -0.25) is 0 Å². The van der Waals surface area contributed by atoms with Crippen molar-refractivity contribution in [3.8, 4) is 0 Å². The standard InChI is InChI=1S/C11H15F3IN3O/c1-6(2)9-8(15)10(16-3)18-7(17-9)4-19-5-11(12,13)14/h6H,4-5H2,1-3H3,(H,16,17,18). The van der Waals surface area contributed by atoms with Crippen LogP contribution in [-0.4, -0.2) is 29.8 Å². The topological polar surface area (TPSA) is 47.0 Å². The van der Waals surface area contributed by atoms with Crippen molar-refractivity contribution in [2.24, 2.45) is 0 Å². The van der Waals surface area contributed by atoms with Crippen molar-refractivity contribution in [2.45, 2.75) is 32.5 Å². The second kappa shape index (κ2) is 6.69. The largest absolute Gasteiger partial charge is 0.411 e. The Morgan fingerprint density at radius 1 is 1.32 bits per heavy atom. The molecule has 1 aromatic heterocycles. The Labute approximate surface area is 123 Å². The molecule has 1 rings (SSSR count). The Morgan fingerprint density at radius 3 is 2.42 bits per heavy atom. The van der Waals surface area contributed by atoms with Crippen LogP contribution in [-0.2, 0) is 11.3 Å². The van der Waals surface area contributed by atoms with Gasteiger partial charge in [-0.1, -0.05) is 13.8 Å². The van der Waals surface area contributed by atoms with Crippen LogP contribution < -0.4 is 5.32 Å². The van der Waals surface area contributed by atoms with Crippen LogP contribution in [0, 0.1) is 3.57 Å². The van der Waals surface area contributed by atoms with Crippen LogP contribution in [0.25, 0.3) is 0 Å². The maximum atomic E-state index is 12.0. The van der Waals surface area contributed by atoms with Gasteiger partial charge < -0.3 is 10.1 Å². The molecular formula is C11H15F3IN3O. The highest BCUT2D eigenvalue weighted by atomic mass is 127. The van der Waals surface area contributed by atoms with Crippen molar-refractivity contribution in [1.29, 1.82) is 0 Å². The van der Waals surface area contributed by atoms with E-state index in [0.29, 0.717) is 5.82 Å². The van der Waals surface area contributed by atoms with E-state index in [2.05, 4.69) is 42.6 Å². The molecule has 0 fully saturated rings. The van der Waals surface area contributed by atoms with Crippen molar-refractivity contribution in [1.82, 2.24) is 9.97 Å². The first-order valence-electron chi connectivity index (χ1n) is 5.63. The summed E-state index contributed by atoms with van der Waals surface area (Å²) in [6.07, 6.45) is -4.34. The summed E-state index contributed by atoms with van der Waals surface area (Å²) in [5.41, 5.74) is 0.797. The van der Waals surface area contributed by atoms with Gasteiger partial charge in [0.05, 0.1) is 9.26 Å². The quantitative estimate of drug-likeness (QED) is 0.786. The third-order valence-electron chi connectivity index (χ3n) is 2.20. The number of nitrogens with zero attached hydrogens (tertiary/aromatic N) is 2. The Morgan fingerprint density at radius 2 is 1.95 bits per heavy atom. The van der Waals surface area contributed by atoms with Crippen molar-refractivity contribution in [2.75, 3.05) is 19.0 Å². The summed E-state index contributed by atoms with van der Waals surface area (Å²) in [5, 5.41) is 2.90. The molecule has 0 unspecified atom stereocenters. The molecule has 0 aliphatic heterocycles. The molecule has 19 heavy (non-hydrogen) atoms.